The largest absolute Gasteiger partial charge is 0.298 e. The molecule has 4 aromatic heterocycles. The lowest BCUT2D eigenvalue weighted by atomic mass is 9.64. The van der Waals surface area contributed by atoms with Gasteiger partial charge in [-0.1, -0.05) is 128 Å². The van der Waals surface area contributed by atoms with Crippen molar-refractivity contribution in [1.29, 1.82) is 21.0 Å². The quantitative estimate of drug-likeness (QED) is 0.0799. The van der Waals surface area contributed by atoms with Crippen LogP contribution in [0.15, 0.2) is 70.3 Å². The fourth-order valence-electron chi connectivity index (χ4n) is 11.2. The zero-order chi connectivity index (χ0) is 53.0. The third-order valence-electron chi connectivity index (χ3n) is 15.1. The van der Waals surface area contributed by atoms with Crippen molar-refractivity contribution in [1.82, 2.24) is 26.6 Å². The third kappa shape index (κ3) is 9.62. The maximum atomic E-state index is 13.6. The summed E-state index contributed by atoms with van der Waals surface area (Å²) in [5.74, 6) is 0.979. The molecule has 4 aromatic carbocycles. The third-order valence-corrected chi connectivity index (χ3v) is 18.4. The molecule has 12 nitrogen and oxygen atoms in total. The van der Waals surface area contributed by atoms with E-state index < -0.39 is 0 Å². The highest BCUT2D eigenvalue weighted by Gasteiger charge is 2.46. The van der Waals surface area contributed by atoms with Gasteiger partial charge in [0.1, 0.15) is 55.7 Å². The summed E-state index contributed by atoms with van der Waals surface area (Å²) in [6.45, 7) is 13.6. The van der Waals surface area contributed by atoms with Crippen LogP contribution in [0.25, 0.3) is 78.7 Å². The van der Waals surface area contributed by atoms with Gasteiger partial charge in [0.25, 0.3) is 11.1 Å². The van der Waals surface area contributed by atoms with E-state index >= 15 is 0 Å². The average molecular weight is 1070 g/mol. The first-order valence-corrected chi connectivity index (χ1v) is 29.0. The molecule has 0 radical (unpaired) electrons. The second kappa shape index (κ2) is 22.7. The van der Waals surface area contributed by atoms with E-state index in [0.29, 0.717) is 54.3 Å². The molecule has 0 amide bonds. The van der Waals surface area contributed by atoms with Crippen molar-refractivity contribution in [2.24, 2.45) is 11.8 Å². The second-order valence-electron chi connectivity index (χ2n) is 19.3. The van der Waals surface area contributed by atoms with Crippen LogP contribution in [0.1, 0.15) is 128 Å². The Bertz CT molecular complexity index is 3790. The lowest BCUT2D eigenvalue weighted by Gasteiger charge is -2.39. The van der Waals surface area contributed by atoms with Crippen molar-refractivity contribution in [2.45, 2.75) is 124 Å². The zero-order valence-electron chi connectivity index (χ0n) is 43.0. The molecule has 2 unspecified atom stereocenters. The summed E-state index contributed by atoms with van der Waals surface area (Å²) in [6.07, 6.45) is 14.7. The maximum absolute atomic E-state index is 13.6. The molecule has 0 spiro atoms. The molecule has 0 N–H and O–H groups in total. The fraction of sp³-hybridized carbons (Fsp3) is 0.356. The van der Waals surface area contributed by atoms with Gasteiger partial charge in [-0.15, -0.1) is 22.7 Å². The molecule has 75 heavy (non-hydrogen) atoms. The van der Waals surface area contributed by atoms with Gasteiger partial charge in [0.05, 0.1) is 32.5 Å². The molecule has 0 saturated carbocycles. The Kier molecular flexibility index (Phi) is 16.0. The smallest absolute Gasteiger partial charge is 0.269 e. The monoisotopic (exact) mass is 1060 g/mol. The van der Waals surface area contributed by atoms with E-state index in [-0.39, 0.29) is 27.7 Å². The molecule has 9 rings (SSSR count). The van der Waals surface area contributed by atoms with Gasteiger partial charge >= 0.3 is 0 Å². The van der Waals surface area contributed by atoms with E-state index in [1.54, 1.807) is 12.2 Å². The maximum Gasteiger partial charge on any atom is 0.269 e. The number of nitriles is 4. The Labute approximate surface area is 452 Å². The van der Waals surface area contributed by atoms with Crippen LogP contribution in [-0.4, -0.2) is 26.6 Å². The molecular formula is C59H56N10O2S4. The van der Waals surface area contributed by atoms with Gasteiger partial charge in [0.15, 0.2) is 11.1 Å². The van der Waals surface area contributed by atoms with Crippen molar-refractivity contribution in [3.05, 3.63) is 122 Å². The number of rotatable bonds is 18. The minimum Gasteiger partial charge on any atom is -0.298 e. The first-order chi connectivity index (χ1) is 36.5. The van der Waals surface area contributed by atoms with Crippen molar-refractivity contribution in [2.75, 3.05) is 0 Å². The first-order valence-electron chi connectivity index (χ1n) is 25.9. The Morgan fingerprint density at radius 1 is 0.560 bits per heavy atom. The van der Waals surface area contributed by atoms with Crippen molar-refractivity contribution < 1.29 is 0 Å². The predicted octanol–water partition coefficient (Wildman–Crippen LogP) is 11.0. The van der Waals surface area contributed by atoms with Gasteiger partial charge in [-0.2, -0.15) is 38.5 Å². The molecule has 1 aliphatic carbocycles. The zero-order valence-corrected chi connectivity index (χ0v) is 46.3. The van der Waals surface area contributed by atoms with Crippen LogP contribution in [0.4, 0.5) is 0 Å². The van der Waals surface area contributed by atoms with Crippen LogP contribution in [0.5, 0.6) is 0 Å². The summed E-state index contributed by atoms with van der Waals surface area (Å²) in [6, 6.07) is 29.9. The molecule has 0 fully saturated rings. The second-order valence-corrected chi connectivity index (χ2v) is 22.4. The minimum atomic E-state index is -0.322. The number of hydrogen-bond acceptors (Lipinski definition) is 14. The van der Waals surface area contributed by atoms with Crippen molar-refractivity contribution >= 4 is 91.5 Å². The SMILES string of the molecule is CCCCC(CC)CC1(CC(CC)CCCC)c2cc(-c3ccc(/C=c4\sc(=C(C#N)C#N)n(CC)c4=O)c4nsnc34)ccc2-c2ccc(-c3ccc(/C=c4\sc(=C(C#N)C#N)n(CC)c4=O)c4nsnc34)cc21. The van der Waals surface area contributed by atoms with E-state index in [1.165, 1.54) is 44.2 Å². The summed E-state index contributed by atoms with van der Waals surface area (Å²) in [5, 5.41) is 38.7. The minimum absolute atomic E-state index is 0.0887. The summed E-state index contributed by atoms with van der Waals surface area (Å²) < 4.78 is 23.8. The highest BCUT2D eigenvalue weighted by atomic mass is 32.1. The Balaban J connectivity index is 1.22. The normalized spacial score (nSPS) is 13.8. The molecule has 0 aliphatic heterocycles. The number of thiazole rings is 2. The first kappa shape index (κ1) is 52.7. The highest BCUT2D eigenvalue weighted by Crippen LogP contribution is 2.58. The molecule has 378 valence electrons. The van der Waals surface area contributed by atoms with E-state index in [1.807, 2.05) is 50.3 Å². The molecule has 0 bridgehead atoms. The van der Waals surface area contributed by atoms with Gasteiger partial charge < -0.3 is 0 Å². The van der Waals surface area contributed by atoms with Crippen LogP contribution in [0.2, 0.25) is 0 Å². The number of fused-ring (bicyclic) bond motifs is 5. The molecule has 2 atom stereocenters. The van der Waals surface area contributed by atoms with Crippen LogP contribution in [-0.2, 0) is 18.5 Å². The van der Waals surface area contributed by atoms with Gasteiger partial charge in [-0.05, 0) is 96.2 Å². The summed E-state index contributed by atoms with van der Waals surface area (Å²) >= 11 is 4.56. The number of unbranched alkanes of at least 4 members (excludes halogenated alkanes) is 2. The van der Waals surface area contributed by atoms with Crippen molar-refractivity contribution in [3.8, 4) is 57.7 Å². The van der Waals surface area contributed by atoms with E-state index in [4.69, 9.17) is 17.5 Å². The van der Waals surface area contributed by atoms with E-state index in [0.717, 1.165) is 142 Å². The number of aromatic nitrogens is 6. The predicted molar refractivity (Wildman–Crippen MR) is 305 cm³/mol. The average Bonchev–Trinajstić information content (AvgIpc) is 4.28. The van der Waals surface area contributed by atoms with Crippen molar-refractivity contribution in [3.63, 3.8) is 0 Å². The topological polar surface area (TPSA) is 191 Å². The van der Waals surface area contributed by atoms with Crippen LogP contribution >= 0.6 is 46.1 Å². The Hall–Kier alpha value is -7.18. The number of nitrogens with zero attached hydrogens (tertiary/aromatic N) is 10. The molecule has 0 saturated heterocycles. The molecule has 8 aromatic rings. The van der Waals surface area contributed by atoms with Gasteiger partial charge in [0.2, 0.25) is 0 Å². The number of hydrogen-bond donors (Lipinski definition) is 0. The standard InChI is InChI=1S/C59H56N10O2S4/c1-7-13-15-35(9-3)29-59(30-36(10-4)16-14-8-2)47-25-37(43-21-19-39(51-53(43)66-74-64-51)27-49-55(70)68(11-5)57(72-49)41(31-60)32-61)17-23-45(47)46-24-18-38(26-48(46)59)44-22-20-40(52-54(44)67-75-65-52)28-50-56(71)69(12-6)58(73-50)42(33-62)34-63/h17-28,35-36H,7-16,29-30H2,1-6H3/b49-27-,50-28-. The van der Waals surface area contributed by atoms with Gasteiger partial charge in [0, 0.05) is 40.8 Å². The van der Waals surface area contributed by atoms with Crippen LogP contribution in [0, 0.1) is 57.2 Å². The lowest BCUT2D eigenvalue weighted by Crippen LogP contribution is -2.31. The van der Waals surface area contributed by atoms with E-state index in [9.17, 15) is 30.6 Å². The Morgan fingerprint density at radius 3 is 1.31 bits per heavy atom. The van der Waals surface area contributed by atoms with Crippen LogP contribution in [0.3, 0.4) is 0 Å². The molecule has 16 heteroatoms. The summed E-state index contributed by atoms with van der Waals surface area (Å²) in [5.41, 5.74) is 12.5. The summed E-state index contributed by atoms with van der Waals surface area (Å²) in [7, 11) is 0. The lowest BCUT2D eigenvalue weighted by molar-refractivity contribution is 0.266. The van der Waals surface area contributed by atoms with Gasteiger partial charge in [-0.25, -0.2) is 0 Å². The van der Waals surface area contributed by atoms with Crippen LogP contribution < -0.4 is 29.5 Å². The Morgan fingerprint density at radius 2 is 0.947 bits per heavy atom. The fourth-order valence-corrected chi connectivity index (χ4v) is 14.6. The molecular weight excluding hydrogens is 1010 g/mol. The number of benzene rings is 4. The van der Waals surface area contributed by atoms with Gasteiger partial charge in [-0.3, -0.25) is 18.7 Å². The van der Waals surface area contributed by atoms with E-state index in [2.05, 4.69) is 76.2 Å². The molecule has 4 heterocycles. The summed E-state index contributed by atoms with van der Waals surface area (Å²) in [4.78, 5) is 27.3. The molecule has 1 aliphatic rings. The highest BCUT2D eigenvalue weighted by molar-refractivity contribution is 7.08.